The van der Waals surface area contributed by atoms with Crippen LogP contribution >= 0.6 is 0 Å². The minimum Gasteiger partial charge on any atom is -0.361 e. The van der Waals surface area contributed by atoms with Crippen molar-refractivity contribution >= 4 is 17.9 Å². The summed E-state index contributed by atoms with van der Waals surface area (Å²) in [4.78, 5) is 23.2. The quantitative estimate of drug-likeness (QED) is 0.823. The van der Waals surface area contributed by atoms with E-state index in [0.29, 0.717) is 6.29 Å². The molecule has 1 saturated carbocycles. The molecule has 0 atom stereocenters. The Labute approximate surface area is 109 Å². The Morgan fingerprint density at radius 3 is 2.47 bits per heavy atom. The van der Waals surface area contributed by atoms with E-state index in [1.54, 1.807) is 0 Å². The van der Waals surface area contributed by atoms with Crippen LogP contribution < -0.4 is 10.2 Å². The van der Waals surface area contributed by atoms with Crippen LogP contribution in [0.2, 0.25) is 0 Å². The van der Waals surface area contributed by atoms with Gasteiger partial charge in [-0.05, 0) is 25.0 Å². The molecule has 0 heterocycles. The van der Waals surface area contributed by atoms with E-state index in [2.05, 4.69) is 5.32 Å². The average molecular weight is 268 g/mol. The summed E-state index contributed by atoms with van der Waals surface area (Å²) in [5.74, 6) is -1.99. The Hall–Kier alpha value is -1.98. The van der Waals surface area contributed by atoms with E-state index in [9.17, 15) is 18.4 Å². The smallest absolute Gasteiger partial charge is 0.239 e. The number of halogens is 2. The van der Waals surface area contributed by atoms with Crippen molar-refractivity contribution in [3.05, 3.63) is 29.3 Å². The van der Waals surface area contributed by atoms with Crippen molar-refractivity contribution in [2.45, 2.75) is 18.9 Å². The molecule has 0 spiro atoms. The third-order valence-electron chi connectivity index (χ3n) is 2.88. The van der Waals surface area contributed by atoms with Crippen LogP contribution in [-0.2, 0) is 4.79 Å². The molecule has 1 N–H and O–H groups in total. The van der Waals surface area contributed by atoms with Crippen molar-refractivity contribution in [3.63, 3.8) is 0 Å². The molecule has 0 bridgehead atoms. The van der Waals surface area contributed by atoms with Gasteiger partial charge in [-0.25, -0.2) is 8.78 Å². The van der Waals surface area contributed by atoms with Crippen LogP contribution in [0.1, 0.15) is 23.2 Å². The molecular weight excluding hydrogens is 254 g/mol. The largest absolute Gasteiger partial charge is 0.361 e. The number of carbonyl (C=O) groups excluding carboxylic acids is 2. The number of carbonyl (C=O) groups is 2. The van der Waals surface area contributed by atoms with E-state index in [0.717, 1.165) is 25.0 Å². The number of anilines is 1. The molecule has 0 saturated heterocycles. The molecule has 1 aromatic rings. The summed E-state index contributed by atoms with van der Waals surface area (Å²) in [5.41, 5.74) is -0.383. The van der Waals surface area contributed by atoms with E-state index in [1.165, 1.54) is 11.9 Å². The zero-order valence-electron chi connectivity index (χ0n) is 10.5. The predicted octanol–water partition coefficient (Wildman–Crippen LogP) is 1.49. The van der Waals surface area contributed by atoms with Gasteiger partial charge in [-0.1, -0.05) is 0 Å². The summed E-state index contributed by atoms with van der Waals surface area (Å²) in [6.45, 7) is -0.134. The van der Waals surface area contributed by atoms with Gasteiger partial charge in [0.25, 0.3) is 0 Å². The fourth-order valence-corrected chi connectivity index (χ4v) is 1.81. The van der Waals surface area contributed by atoms with Gasteiger partial charge in [-0.15, -0.1) is 0 Å². The van der Waals surface area contributed by atoms with Gasteiger partial charge in [0, 0.05) is 18.7 Å². The maximum Gasteiger partial charge on any atom is 0.239 e. The van der Waals surface area contributed by atoms with Crippen molar-refractivity contribution in [3.8, 4) is 0 Å². The highest BCUT2D eigenvalue weighted by Crippen LogP contribution is 2.24. The van der Waals surface area contributed by atoms with Crippen LogP contribution in [0.25, 0.3) is 0 Å². The Balaban J connectivity index is 2.11. The Bertz CT molecular complexity index is 492. The van der Waals surface area contributed by atoms with E-state index in [-0.39, 0.29) is 29.7 Å². The number of nitrogens with zero attached hydrogens (tertiary/aromatic N) is 1. The van der Waals surface area contributed by atoms with E-state index >= 15 is 0 Å². The maximum atomic E-state index is 13.7. The van der Waals surface area contributed by atoms with Crippen LogP contribution in [0.3, 0.4) is 0 Å². The van der Waals surface area contributed by atoms with E-state index in [1.807, 2.05) is 0 Å². The topological polar surface area (TPSA) is 49.4 Å². The number of aldehydes is 1. The summed E-state index contributed by atoms with van der Waals surface area (Å²) in [6, 6.07) is 2.09. The van der Waals surface area contributed by atoms with Crippen molar-refractivity contribution in [2.24, 2.45) is 0 Å². The number of benzene rings is 1. The van der Waals surface area contributed by atoms with Gasteiger partial charge in [0.15, 0.2) is 0 Å². The number of likely N-dealkylation sites (N-methyl/N-ethyl adjacent to an activating group) is 1. The molecule has 1 amide bonds. The van der Waals surface area contributed by atoms with Crippen LogP contribution in [0.4, 0.5) is 14.5 Å². The zero-order valence-corrected chi connectivity index (χ0v) is 10.5. The summed E-state index contributed by atoms with van der Waals surface area (Å²) in [7, 11) is 1.43. The second-order valence-electron chi connectivity index (χ2n) is 4.65. The van der Waals surface area contributed by atoms with Gasteiger partial charge in [-0.2, -0.15) is 0 Å². The number of amides is 1. The van der Waals surface area contributed by atoms with Gasteiger partial charge < -0.3 is 10.2 Å². The molecule has 6 heteroatoms. The van der Waals surface area contributed by atoms with E-state index in [4.69, 9.17) is 0 Å². The van der Waals surface area contributed by atoms with Crippen molar-refractivity contribution in [2.75, 3.05) is 18.5 Å². The number of hydrogen-bond donors (Lipinski definition) is 1. The van der Waals surface area contributed by atoms with Crippen molar-refractivity contribution < 1.29 is 18.4 Å². The Kier molecular flexibility index (Phi) is 3.78. The fourth-order valence-electron chi connectivity index (χ4n) is 1.81. The first-order valence-electron chi connectivity index (χ1n) is 5.96. The van der Waals surface area contributed by atoms with Gasteiger partial charge >= 0.3 is 0 Å². The van der Waals surface area contributed by atoms with Crippen LogP contribution in [-0.4, -0.2) is 31.8 Å². The Morgan fingerprint density at radius 2 is 2.00 bits per heavy atom. The molecule has 102 valence electrons. The molecule has 1 aliphatic carbocycles. The third kappa shape index (κ3) is 3.27. The third-order valence-corrected chi connectivity index (χ3v) is 2.88. The number of hydrogen-bond acceptors (Lipinski definition) is 3. The molecule has 19 heavy (non-hydrogen) atoms. The summed E-state index contributed by atoms with van der Waals surface area (Å²) < 4.78 is 27.4. The lowest BCUT2D eigenvalue weighted by atomic mass is 10.2. The zero-order chi connectivity index (χ0) is 14.0. The number of nitrogens with one attached hydrogen (secondary N) is 1. The summed E-state index contributed by atoms with van der Waals surface area (Å²) in [6.07, 6.45) is 2.27. The Morgan fingerprint density at radius 1 is 1.42 bits per heavy atom. The normalized spacial score (nSPS) is 14.1. The van der Waals surface area contributed by atoms with Gasteiger partial charge in [-0.3, -0.25) is 9.59 Å². The monoisotopic (exact) mass is 268 g/mol. The highest BCUT2D eigenvalue weighted by molar-refractivity contribution is 5.82. The lowest BCUT2D eigenvalue weighted by Gasteiger charge is -2.20. The van der Waals surface area contributed by atoms with Crippen molar-refractivity contribution in [1.82, 2.24) is 5.32 Å². The minimum absolute atomic E-state index is 0.0745. The molecule has 0 radical (unpaired) electrons. The van der Waals surface area contributed by atoms with Gasteiger partial charge in [0.2, 0.25) is 5.91 Å². The van der Waals surface area contributed by atoms with Gasteiger partial charge in [0.1, 0.15) is 23.6 Å². The first kappa shape index (κ1) is 13.5. The second kappa shape index (κ2) is 5.34. The molecule has 0 aromatic heterocycles. The van der Waals surface area contributed by atoms with Crippen LogP contribution in [0.15, 0.2) is 12.1 Å². The van der Waals surface area contributed by atoms with Crippen LogP contribution in [0.5, 0.6) is 0 Å². The molecule has 0 unspecified atom stereocenters. The molecular formula is C13H14F2N2O2. The first-order valence-corrected chi connectivity index (χ1v) is 5.96. The minimum atomic E-state index is -0.858. The summed E-state index contributed by atoms with van der Waals surface area (Å²) >= 11 is 0. The highest BCUT2D eigenvalue weighted by atomic mass is 19.1. The fraction of sp³-hybridized carbons (Fsp3) is 0.385. The molecule has 1 aliphatic rings. The number of rotatable bonds is 5. The molecule has 4 nitrogen and oxygen atoms in total. The molecule has 0 aliphatic heterocycles. The highest BCUT2D eigenvalue weighted by Gasteiger charge is 2.24. The molecule has 1 fully saturated rings. The maximum absolute atomic E-state index is 13.7. The lowest BCUT2D eigenvalue weighted by Crippen LogP contribution is -2.37. The molecule has 2 rings (SSSR count). The second-order valence-corrected chi connectivity index (χ2v) is 4.65. The predicted molar refractivity (Wildman–Crippen MR) is 66.2 cm³/mol. The first-order chi connectivity index (χ1) is 9.01. The van der Waals surface area contributed by atoms with Crippen LogP contribution in [0, 0.1) is 11.6 Å². The van der Waals surface area contributed by atoms with Gasteiger partial charge in [0.05, 0.1) is 6.54 Å². The standard InChI is InChI=1S/C13H14F2N2O2/c1-17(6-12(19)16-9-2-3-9)13-10(14)4-8(7-18)5-11(13)15/h4-5,7,9H,2-3,6H2,1H3,(H,16,19). The molecule has 1 aromatic carbocycles. The van der Waals surface area contributed by atoms with Crippen molar-refractivity contribution in [1.29, 1.82) is 0 Å². The van der Waals surface area contributed by atoms with E-state index < -0.39 is 11.6 Å². The lowest BCUT2D eigenvalue weighted by molar-refractivity contribution is -0.119. The average Bonchev–Trinajstić information content (AvgIpc) is 3.11. The SMILES string of the molecule is CN(CC(=O)NC1CC1)c1c(F)cc(C=O)cc1F. The summed E-state index contributed by atoms with van der Waals surface area (Å²) in [5, 5.41) is 2.73.